The van der Waals surface area contributed by atoms with E-state index in [0.717, 1.165) is 13.1 Å². The minimum absolute atomic E-state index is 0.497. The van der Waals surface area contributed by atoms with Gasteiger partial charge in [-0.05, 0) is 12.1 Å². The molecule has 18 heavy (non-hydrogen) atoms. The largest absolute Gasteiger partial charge is 0.391 e. The summed E-state index contributed by atoms with van der Waals surface area (Å²) >= 11 is 0. The van der Waals surface area contributed by atoms with Crippen LogP contribution in [0.15, 0.2) is 24.4 Å². The molecule has 3 nitrogen and oxygen atoms in total. The molecular weight excluding hydrogens is 243 g/mol. The van der Waals surface area contributed by atoms with Crippen molar-refractivity contribution in [2.75, 3.05) is 26.2 Å². The molecule has 6 heteroatoms. The highest BCUT2D eigenvalue weighted by molar-refractivity contribution is 5.09. The fourth-order valence-electron chi connectivity index (χ4n) is 2.21. The van der Waals surface area contributed by atoms with Crippen LogP contribution in [-0.4, -0.2) is 42.2 Å². The van der Waals surface area contributed by atoms with Crippen molar-refractivity contribution in [1.29, 1.82) is 0 Å². The summed E-state index contributed by atoms with van der Waals surface area (Å²) in [5.41, 5.74) is 0.497. The lowest BCUT2D eigenvalue weighted by Crippen LogP contribution is -2.46. The molecule has 0 unspecified atom stereocenters. The van der Waals surface area contributed by atoms with Crippen LogP contribution in [0.1, 0.15) is 18.2 Å². The number of halogens is 3. The second-order valence-corrected chi connectivity index (χ2v) is 4.38. The van der Waals surface area contributed by atoms with Crippen LogP contribution in [0.5, 0.6) is 0 Å². The maximum Gasteiger partial charge on any atom is 0.391 e. The Kier molecular flexibility index (Phi) is 4.19. The summed E-state index contributed by atoms with van der Waals surface area (Å²) in [6.45, 7) is 2.69. The van der Waals surface area contributed by atoms with Crippen molar-refractivity contribution >= 4 is 0 Å². The van der Waals surface area contributed by atoms with Crippen molar-refractivity contribution in [3.63, 3.8) is 0 Å². The number of nitrogens with one attached hydrogen (secondary N) is 1. The third-order valence-corrected chi connectivity index (χ3v) is 3.05. The Hall–Kier alpha value is -1.14. The van der Waals surface area contributed by atoms with Gasteiger partial charge in [0.2, 0.25) is 0 Å². The van der Waals surface area contributed by atoms with E-state index >= 15 is 0 Å². The van der Waals surface area contributed by atoms with E-state index in [1.54, 1.807) is 24.4 Å². The van der Waals surface area contributed by atoms with Crippen molar-refractivity contribution in [3.05, 3.63) is 30.1 Å². The minimum Gasteiger partial charge on any atom is -0.314 e. The van der Waals surface area contributed by atoms with Crippen LogP contribution in [0.2, 0.25) is 0 Å². The highest BCUT2D eigenvalue weighted by Crippen LogP contribution is 2.32. The molecule has 1 N–H and O–H groups in total. The molecule has 1 atom stereocenters. The normalized spacial score (nSPS) is 19.7. The van der Waals surface area contributed by atoms with Gasteiger partial charge in [-0.3, -0.25) is 9.88 Å². The Morgan fingerprint density at radius 2 is 2.00 bits per heavy atom. The molecule has 2 heterocycles. The standard InChI is InChI=1S/C12H16F3N3/c13-12(14,15)9-11(10-3-1-2-4-17-10)18-7-5-16-6-8-18/h1-4,11,16H,5-9H2/t11-/m1/s1. The fraction of sp³-hybridized carbons (Fsp3) is 0.583. The molecule has 1 fully saturated rings. The Morgan fingerprint density at radius 3 is 2.56 bits per heavy atom. The van der Waals surface area contributed by atoms with Gasteiger partial charge in [-0.1, -0.05) is 6.07 Å². The Bertz CT molecular complexity index is 361. The topological polar surface area (TPSA) is 28.2 Å². The molecule has 100 valence electrons. The van der Waals surface area contributed by atoms with Crippen molar-refractivity contribution in [2.24, 2.45) is 0 Å². The predicted molar refractivity (Wildman–Crippen MR) is 62.1 cm³/mol. The SMILES string of the molecule is FC(F)(F)C[C@H](c1ccccn1)N1CCNCC1. The number of aromatic nitrogens is 1. The molecule has 1 aliphatic heterocycles. The van der Waals surface area contributed by atoms with E-state index in [2.05, 4.69) is 10.3 Å². The van der Waals surface area contributed by atoms with Gasteiger partial charge in [0.15, 0.2) is 0 Å². The molecule has 0 spiro atoms. The van der Waals surface area contributed by atoms with E-state index in [1.165, 1.54) is 0 Å². The van der Waals surface area contributed by atoms with Gasteiger partial charge in [-0.15, -0.1) is 0 Å². The molecule has 1 aromatic rings. The van der Waals surface area contributed by atoms with Crippen molar-refractivity contribution in [2.45, 2.75) is 18.6 Å². The van der Waals surface area contributed by atoms with Gasteiger partial charge in [0, 0.05) is 32.4 Å². The van der Waals surface area contributed by atoms with Gasteiger partial charge in [0.05, 0.1) is 18.2 Å². The van der Waals surface area contributed by atoms with Crippen LogP contribution in [0.4, 0.5) is 13.2 Å². The molecule has 0 saturated carbocycles. The van der Waals surface area contributed by atoms with Crippen LogP contribution in [0.3, 0.4) is 0 Å². The number of hydrogen-bond acceptors (Lipinski definition) is 3. The van der Waals surface area contributed by atoms with Gasteiger partial charge in [0.1, 0.15) is 0 Å². The van der Waals surface area contributed by atoms with E-state index in [9.17, 15) is 13.2 Å². The van der Waals surface area contributed by atoms with Gasteiger partial charge >= 0.3 is 6.18 Å². The third kappa shape index (κ3) is 3.68. The summed E-state index contributed by atoms with van der Waals surface area (Å²) in [6.07, 6.45) is -3.47. The molecule has 0 bridgehead atoms. The Balaban J connectivity index is 2.17. The van der Waals surface area contributed by atoms with Crippen molar-refractivity contribution < 1.29 is 13.2 Å². The zero-order chi connectivity index (χ0) is 13.0. The van der Waals surface area contributed by atoms with Crippen LogP contribution in [0, 0.1) is 0 Å². The summed E-state index contributed by atoms with van der Waals surface area (Å²) in [5, 5.41) is 3.14. The van der Waals surface area contributed by atoms with Crippen LogP contribution >= 0.6 is 0 Å². The lowest BCUT2D eigenvalue weighted by molar-refractivity contribution is -0.149. The third-order valence-electron chi connectivity index (χ3n) is 3.05. The average Bonchev–Trinajstić information content (AvgIpc) is 2.37. The highest BCUT2D eigenvalue weighted by atomic mass is 19.4. The van der Waals surface area contributed by atoms with Gasteiger partial charge < -0.3 is 5.32 Å². The first-order valence-electron chi connectivity index (χ1n) is 5.99. The van der Waals surface area contributed by atoms with E-state index in [1.807, 2.05) is 4.90 Å². The summed E-state index contributed by atoms with van der Waals surface area (Å²) in [6, 6.07) is 4.44. The predicted octanol–water partition coefficient (Wildman–Crippen LogP) is 1.98. The van der Waals surface area contributed by atoms with Crippen molar-refractivity contribution in [3.8, 4) is 0 Å². The molecule has 0 radical (unpaired) electrons. The molecular formula is C12H16F3N3. The molecule has 0 aliphatic carbocycles. The second-order valence-electron chi connectivity index (χ2n) is 4.38. The first kappa shape index (κ1) is 13.3. The average molecular weight is 259 g/mol. The smallest absolute Gasteiger partial charge is 0.314 e. The molecule has 1 aliphatic rings. The maximum atomic E-state index is 12.7. The van der Waals surface area contributed by atoms with Crippen molar-refractivity contribution in [1.82, 2.24) is 15.2 Å². The maximum absolute atomic E-state index is 12.7. The molecule has 1 aromatic heterocycles. The second kappa shape index (κ2) is 5.67. The molecule has 0 amide bonds. The molecule has 0 aromatic carbocycles. The van der Waals surface area contributed by atoms with E-state index in [-0.39, 0.29) is 0 Å². The summed E-state index contributed by atoms with van der Waals surface area (Å²) in [7, 11) is 0. The number of rotatable bonds is 3. The molecule has 2 rings (SSSR count). The highest BCUT2D eigenvalue weighted by Gasteiger charge is 2.36. The van der Waals surface area contributed by atoms with Gasteiger partial charge in [-0.25, -0.2) is 0 Å². The summed E-state index contributed by atoms with van der Waals surface area (Å²) < 4.78 is 38.0. The quantitative estimate of drug-likeness (QED) is 0.899. The molecule has 1 saturated heterocycles. The van der Waals surface area contributed by atoms with Crippen LogP contribution in [-0.2, 0) is 0 Å². The number of piperazine rings is 1. The zero-order valence-corrected chi connectivity index (χ0v) is 9.95. The van der Waals surface area contributed by atoms with E-state index in [0.29, 0.717) is 18.8 Å². The number of pyridine rings is 1. The first-order chi connectivity index (χ1) is 8.56. The minimum atomic E-state index is -4.17. The zero-order valence-electron chi connectivity index (χ0n) is 9.95. The number of hydrogen-bond donors (Lipinski definition) is 1. The Labute approximate surface area is 104 Å². The number of nitrogens with zero attached hydrogens (tertiary/aromatic N) is 2. The van der Waals surface area contributed by atoms with Crippen LogP contribution < -0.4 is 5.32 Å². The van der Waals surface area contributed by atoms with Gasteiger partial charge in [-0.2, -0.15) is 13.2 Å². The van der Waals surface area contributed by atoms with Crippen LogP contribution in [0.25, 0.3) is 0 Å². The lowest BCUT2D eigenvalue weighted by atomic mass is 10.1. The van der Waals surface area contributed by atoms with Gasteiger partial charge in [0.25, 0.3) is 0 Å². The lowest BCUT2D eigenvalue weighted by Gasteiger charge is -2.35. The Morgan fingerprint density at radius 1 is 1.28 bits per heavy atom. The van der Waals surface area contributed by atoms with E-state index in [4.69, 9.17) is 0 Å². The summed E-state index contributed by atoms with van der Waals surface area (Å²) in [5.74, 6) is 0. The number of alkyl halides is 3. The van der Waals surface area contributed by atoms with E-state index < -0.39 is 18.6 Å². The summed E-state index contributed by atoms with van der Waals surface area (Å²) in [4.78, 5) is 5.93. The fourth-order valence-corrected chi connectivity index (χ4v) is 2.21. The first-order valence-corrected chi connectivity index (χ1v) is 5.99. The monoisotopic (exact) mass is 259 g/mol.